The second-order valence-corrected chi connectivity index (χ2v) is 7.54. The van der Waals surface area contributed by atoms with E-state index in [0.29, 0.717) is 12.6 Å². The Morgan fingerprint density at radius 1 is 1.16 bits per heavy atom. The summed E-state index contributed by atoms with van der Waals surface area (Å²) in [5.74, 6) is 0. The molecule has 0 amide bonds. The molecule has 5 heteroatoms. The van der Waals surface area contributed by atoms with Gasteiger partial charge in [0.15, 0.2) is 0 Å². The number of benzene rings is 1. The van der Waals surface area contributed by atoms with Gasteiger partial charge in [-0.1, -0.05) is 30.3 Å². The Morgan fingerprint density at radius 3 is 2.47 bits per heavy atom. The Hall–Kier alpha value is -0.910. The number of rotatable bonds is 4. The second-order valence-electron chi connectivity index (χ2n) is 5.61. The Balaban J connectivity index is 1.57. The molecule has 0 aromatic heterocycles. The first-order chi connectivity index (χ1) is 9.04. The molecule has 104 valence electrons. The van der Waals surface area contributed by atoms with Crippen molar-refractivity contribution in [3.05, 3.63) is 35.9 Å². The molecule has 2 atom stereocenters. The van der Waals surface area contributed by atoms with Crippen molar-refractivity contribution in [2.24, 2.45) is 0 Å². The monoisotopic (exact) mass is 280 g/mol. The number of sulfonamides is 1. The normalized spacial score (nSPS) is 28.1. The SMILES string of the molecule is CS(=O)(=O)N1CC2CC1CN2CCc1ccccc1. The first-order valence-corrected chi connectivity index (χ1v) is 8.63. The van der Waals surface area contributed by atoms with Crippen molar-refractivity contribution in [2.45, 2.75) is 24.9 Å². The summed E-state index contributed by atoms with van der Waals surface area (Å²) in [6.45, 7) is 2.60. The van der Waals surface area contributed by atoms with E-state index >= 15 is 0 Å². The number of likely N-dealkylation sites (tertiary alicyclic amines) is 1. The summed E-state index contributed by atoms with van der Waals surface area (Å²) in [6.07, 6.45) is 3.37. The van der Waals surface area contributed by atoms with Crippen LogP contribution in [0.2, 0.25) is 0 Å². The van der Waals surface area contributed by atoms with Gasteiger partial charge in [-0.2, -0.15) is 4.31 Å². The van der Waals surface area contributed by atoms with Gasteiger partial charge in [0.25, 0.3) is 0 Å². The van der Waals surface area contributed by atoms with E-state index in [9.17, 15) is 8.42 Å². The van der Waals surface area contributed by atoms with Gasteiger partial charge in [0.1, 0.15) is 0 Å². The summed E-state index contributed by atoms with van der Waals surface area (Å²) in [4.78, 5) is 2.44. The highest BCUT2D eigenvalue weighted by atomic mass is 32.2. The van der Waals surface area contributed by atoms with E-state index in [0.717, 1.165) is 25.9 Å². The lowest BCUT2D eigenvalue weighted by Gasteiger charge is -2.32. The van der Waals surface area contributed by atoms with Crippen LogP contribution in [0, 0.1) is 0 Å². The molecular formula is C14H20N2O2S. The number of nitrogens with zero attached hydrogens (tertiary/aromatic N) is 2. The molecule has 2 unspecified atom stereocenters. The summed E-state index contributed by atoms with van der Waals surface area (Å²) in [7, 11) is -3.02. The number of hydrogen-bond donors (Lipinski definition) is 0. The van der Waals surface area contributed by atoms with Gasteiger partial charge in [0, 0.05) is 31.7 Å². The lowest BCUT2D eigenvalue weighted by molar-refractivity contribution is 0.184. The zero-order valence-electron chi connectivity index (χ0n) is 11.2. The summed E-state index contributed by atoms with van der Waals surface area (Å²) in [5.41, 5.74) is 1.35. The van der Waals surface area contributed by atoms with Crippen LogP contribution in [-0.4, -0.2) is 55.6 Å². The maximum Gasteiger partial charge on any atom is 0.211 e. The average molecular weight is 280 g/mol. The summed E-state index contributed by atoms with van der Waals surface area (Å²) >= 11 is 0. The van der Waals surface area contributed by atoms with Crippen LogP contribution in [0.1, 0.15) is 12.0 Å². The van der Waals surface area contributed by atoms with Gasteiger partial charge >= 0.3 is 0 Å². The van der Waals surface area contributed by atoms with Crippen molar-refractivity contribution in [1.29, 1.82) is 0 Å². The number of piperazine rings is 1. The molecule has 2 saturated heterocycles. The Morgan fingerprint density at radius 2 is 1.89 bits per heavy atom. The average Bonchev–Trinajstić information content (AvgIpc) is 2.96. The molecule has 3 rings (SSSR count). The fourth-order valence-electron chi connectivity index (χ4n) is 3.31. The van der Waals surface area contributed by atoms with E-state index < -0.39 is 10.0 Å². The van der Waals surface area contributed by atoms with Crippen LogP contribution in [0.4, 0.5) is 0 Å². The van der Waals surface area contributed by atoms with Crippen molar-refractivity contribution in [1.82, 2.24) is 9.21 Å². The van der Waals surface area contributed by atoms with Gasteiger partial charge in [-0.25, -0.2) is 8.42 Å². The summed E-state index contributed by atoms with van der Waals surface area (Å²) < 4.78 is 24.9. The topological polar surface area (TPSA) is 40.6 Å². The van der Waals surface area contributed by atoms with Gasteiger partial charge in [-0.05, 0) is 18.4 Å². The Kier molecular flexibility index (Phi) is 3.37. The number of fused-ring (bicyclic) bond motifs is 2. The van der Waals surface area contributed by atoms with Gasteiger partial charge in [-0.3, -0.25) is 4.90 Å². The highest BCUT2D eigenvalue weighted by Crippen LogP contribution is 2.32. The lowest BCUT2D eigenvalue weighted by atomic mass is 10.1. The summed E-state index contributed by atoms with van der Waals surface area (Å²) in [5, 5.41) is 0. The van der Waals surface area contributed by atoms with Crippen LogP contribution in [-0.2, 0) is 16.4 Å². The van der Waals surface area contributed by atoms with Crippen LogP contribution in [0.3, 0.4) is 0 Å². The maximum absolute atomic E-state index is 11.6. The van der Waals surface area contributed by atoms with Crippen molar-refractivity contribution in [2.75, 3.05) is 25.9 Å². The van der Waals surface area contributed by atoms with Crippen LogP contribution < -0.4 is 0 Å². The first kappa shape index (κ1) is 13.1. The van der Waals surface area contributed by atoms with E-state index in [1.807, 2.05) is 6.07 Å². The van der Waals surface area contributed by atoms with Crippen LogP contribution in [0.25, 0.3) is 0 Å². The molecule has 1 aromatic carbocycles. The highest BCUT2D eigenvalue weighted by molar-refractivity contribution is 7.88. The molecule has 1 aromatic rings. The predicted molar refractivity (Wildman–Crippen MR) is 75.5 cm³/mol. The molecule has 0 N–H and O–H groups in total. The highest BCUT2D eigenvalue weighted by Gasteiger charge is 2.46. The maximum atomic E-state index is 11.6. The minimum atomic E-state index is -3.02. The van der Waals surface area contributed by atoms with E-state index in [1.54, 1.807) is 4.31 Å². The van der Waals surface area contributed by atoms with Crippen molar-refractivity contribution >= 4 is 10.0 Å². The Bertz CT molecular complexity index is 544. The molecule has 0 radical (unpaired) electrons. The molecule has 0 saturated carbocycles. The standard InChI is InChI=1S/C14H20N2O2S/c1-19(17,18)16-11-13-9-14(16)10-15(13)8-7-12-5-3-2-4-6-12/h2-6,13-14H,7-11H2,1H3. The predicted octanol–water partition coefficient (Wildman–Crippen LogP) is 0.947. The Labute approximate surface area is 115 Å². The minimum Gasteiger partial charge on any atom is -0.297 e. The molecule has 2 heterocycles. The van der Waals surface area contributed by atoms with Gasteiger partial charge in [0.05, 0.1) is 6.26 Å². The zero-order chi connectivity index (χ0) is 13.5. The smallest absolute Gasteiger partial charge is 0.211 e. The fraction of sp³-hybridized carbons (Fsp3) is 0.571. The van der Waals surface area contributed by atoms with E-state index in [4.69, 9.17) is 0 Å². The third-order valence-electron chi connectivity index (χ3n) is 4.26. The molecule has 2 bridgehead atoms. The third kappa shape index (κ3) is 2.68. The minimum absolute atomic E-state index is 0.204. The van der Waals surface area contributed by atoms with Gasteiger partial charge in [-0.15, -0.1) is 0 Å². The van der Waals surface area contributed by atoms with E-state index in [-0.39, 0.29) is 6.04 Å². The van der Waals surface area contributed by atoms with Crippen LogP contribution >= 0.6 is 0 Å². The van der Waals surface area contributed by atoms with Crippen LogP contribution in [0.5, 0.6) is 0 Å². The molecular weight excluding hydrogens is 260 g/mol. The zero-order valence-corrected chi connectivity index (χ0v) is 12.0. The van der Waals surface area contributed by atoms with Gasteiger partial charge in [0.2, 0.25) is 10.0 Å². The van der Waals surface area contributed by atoms with E-state index in [2.05, 4.69) is 29.2 Å². The molecule has 4 nitrogen and oxygen atoms in total. The third-order valence-corrected chi connectivity index (χ3v) is 5.56. The van der Waals surface area contributed by atoms with Crippen molar-refractivity contribution in [3.8, 4) is 0 Å². The quantitative estimate of drug-likeness (QED) is 0.824. The van der Waals surface area contributed by atoms with Gasteiger partial charge < -0.3 is 0 Å². The van der Waals surface area contributed by atoms with Crippen LogP contribution in [0.15, 0.2) is 30.3 Å². The molecule has 2 fully saturated rings. The molecule has 2 aliphatic heterocycles. The fourth-order valence-corrected chi connectivity index (χ4v) is 4.45. The largest absolute Gasteiger partial charge is 0.297 e. The number of hydrogen-bond acceptors (Lipinski definition) is 3. The van der Waals surface area contributed by atoms with E-state index in [1.165, 1.54) is 11.8 Å². The van der Waals surface area contributed by atoms with Crippen molar-refractivity contribution < 1.29 is 8.42 Å². The molecule has 0 aliphatic carbocycles. The molecule has 2 aliphatic rings. The lowest BCUT2D eigenvalue weighted by Crippen LogP contribution is -2.48. The first-order valence-electron chi connectivity index (χ1n) is 6.79. The summed E-state index contributed by atoms with van der Waals surface area (Å²) in [6, 6.07) is 11.1. The molecule has 0 spiro atoms. The second kappa shape index (κ2) is 4.89. The van der Waals surface area contributed by atoms with Crippen molar-refractivity contribution in [3.63, 3.8) is 0 Å². The molecule has 19 heavy (non-hydrogen) atoms.